The summed E-state index contributed by atoms with van der Waals surface area (Å²) in [7, 11) is 0. The van der Waals surface area contributed by atoms with E-state index in [2.05, 4.69) is 0 Å². The predicted octanol–water partition coefficient (Wildman–Crippen LogP) is 0.756. The van der Waals surface area contributed by atoms with Crippen LogP contribution in [0.1, 0.15) is 25.7 Å². The Morgan fingerprint density at radius 3 is 1.43 bits per heavy atom. The maximum Gasteiger partial charge on any atom is 0.128 e. The molecule has 4 heterocycles. The summed E-state index contributed by atoms with van der Waals surface area (Å²) in [6.07, 6.45) is 5.64. The standard InChI is InChI=1S/C16H22O7/c1-3-9-15(22-20-9)7(1)13(11-5-17-11)19-14(12-6-18-12)8-2-4-10-16(8)23-21-10/h7-16H,1-6H2. The number of rotatable bonds is 6. The van der Waals surface area contributed by atoms with Gasteiger partial charge in [-0.2, -0.15) is 0 Å². The second-order valence-corrected chi connectivity index (χ2v) is 7.68. The largest absolute Gasteiger partial charge is 0.370 e. The predicted molar refractivity (Wildman–Crippen MR) is 73.1 cm³/mol. The summed E-state index contributed by atoms with van der Waals surface area (Å²) in [6.45, 7) is 1.57. The molecule has 7 heteroatoms. The molecule has 0 bridgehead atoms. The minimum absolute atomic E-state index is 0.0724. The van der Waals surface area contributed by atoms with Crippen LogP contribution >= 0.6 is 0 Å². The van der Waals surface area contributed by atoms with Gasteiger partial charge in [0.15, 0.2) is 0 Å². The number of ether oxygens (including phenoxy) is 3. The van der Waals surface area contributed by atoms with Crippen molar-refractivity contribution < 1.29 is 33.8 Å². The number of epoxide rings is 2. The lowest BCUT2D eigenvalue weighted by atomic mass is 9.92. The monoisotopic (exact) mass is 326 g/mol. The highest BCUT2D eigenvalue weighted by Crippen LogP contribution is 2.47. The van der Waals surface area contributed by atoms with Gasteiger partial charge in [-0.1, -0.05) is 0 Å². The van der Waals surface area contributed by atoms with Crippen LogP contribution in [0.2, 0.25) is 0 Å². The van der Waals surface area contributed by atoms with Gasteiger partial charge in [0.2, 0.25) is 0 Å². The van der Waals surface area contributed by atoms with Gasteiger partial charge >= 0.3 is 0 Å². The van der Waals surface area contributed by atoms with Crippen LogP contribution in [0.15, 0.2) is 0 Å². The van der Waals surface area contributed by atoms with Crippen molar-refractivity contribution in [2.24, 2.45) is 11.8 Å². The summed E-state index contributed by atoms with van der Waals surface area (Å²) in [4.78, 5) is 21.1. The molecule has 0 aromatic carbocycles. The topological polar surface area (TPSA) is 71.2 Å². The van der Waals surface area contributed by atoms with E-state index in [0.29, 0.717) is 11.8 Å². The Bertz CT molecular complexity index is 437. The summed E-state index contributed by atoms with van der Waals surface area (Å²) in [5, 5.41) is 0. The molecule has 2 saturated carbocycles. The van der Waals surface area contributed by atoms with E-state index in [0.717, 1.165) is 38.9 Å². The molecule has 0 spiro atoms. The first kappa shape index (κ1) is 13.9. The second kappa shape index (κ2) is 5.11. The maximum absolute atomic E-state index is 6.65. The Kier molecular flexibility index (Phi) is 3.10. The van der Waals surface area contributed by atoms with Gasteiger partial charge in [-0.25, -0.2) is 19.6 Å². The van der Waals surface area contributed by atoms with Crippen molar-refractivity contribution in [3.8, 4) is 0 Å². The lowest BCUT2D eigenvalue weighted by Crippen LogP contribution is -2.51. The molecule has 0 N–H and O–H groups in total. The first-order valence-corrected chi connectivity index (χ1v) is 8.91. The minimum Gasteiger partial charge on any atom is -0.370 e. The van der Waals surface area contributed by atoms with Gasteiger partial charge in [0, 0.05) is 11.8 Å². The average molecular weight is 326 g/mol. The Labute approximate surface area is 134 Å². The summed E-state index contributed by atoms with van der Waals surface area (Å²) < 4.78 is 17.8. The van der Waals surface area contributed by atoms with Crippen LogP contribution < -0.4 is 0 Å². The summed E-state index contributed by atoms with van der Waals surface area (Å²) >= 11 is 0. The molecule has 6 rings (SSSR count). The van der Waals surface area contributed by atoms with Gasteiger partial charge in [0.25, 0.3) is 0 Å². The van der Waals surface area contributed by atoms with Gasteiger partial charge in [0.05, 0.1) is 25.4 Å². The zero-order valence-electron chi connectivity index (χ0n) is 12.9. The summed E-state index contributed by atoms with van der Waals surface area (Å²) in [6, 6.07) is 0. The van der Waals surface area contributed by atoms with E-state index < -0.39 is 0 Å². The molecule has 6 aliphatic rings. The zero-order valence-corrected chi connectivity index (χ0v) is 12.9. The van der Waals surface area contributed by atoms with Crippen molar-refractivity contribution in [3.63, 3.8) is 0 Å². The summed E-state index contributed by atoms with van der Waals surface area (Å²) in [5.74, 6) is 0.719. The quantitative estimate of drug-likeness (QED) is 0.527. The molecule has 128 valence electrons. The van der Waals surface area contributed by atoms with Crippen molar-refractivity contribution in [1.29, 1.82) is 0 Å². The molecule has 0 aromatic rings. The average Bonchev–Trinajstić information content (AvgIpc) is 3.38. The van der Waals surface area contributed by atoms with Crippen LogP contribution in [0.3, 0.4) is 0 Å². The van der Waals surface area contributed by atoms with Crippen molar-refractivity contribution in [1.82, 2.24) is 0 Å². The Balaban J connectivity index is 1.21. The van der Waals surface area contributed by atoms with Crippen LogP contribution in [0.5, 0.6) is 0 Å². The van der Waals surface area contributed by atoms with Gasteiger partial charge < -0.3 is 14.2 Å². The van der Waals surface area contributed by atoms with Gasteiger partial charge in [0.1, 0.15) is 36.6 Å². The smallest absolute Gasteiger partial charge is 0.128 e. The molecule has 4 saturated heterocycles. The van der Waals surface area contributed by atoms with Crippen molar-refractivity contribution in [2.75, 3.05) is 13.2 Å². The normalized spacial score (nSPS) is 55.3. The van der Waals surface area contributed by atoms with Gasteiger partial charge in [-0.15, -0.1) is 0 Å². The van der Waals surface area contributed by atoms with E-state index >= 15 is 0 Å². The molecule has 0 radical (unpaired) electrons. The molecule has 6 fully saturated rings. The lowest BCUT2D eigenvalue weighted by Gasteiger charge is -2.39. The third kappa shape index (κ3) is 2.22. The first-order chi connectivity index (χ1) is 11.4. The minimum atomic E-state index is 0.0724. The molecular formula is C16H22O7. The molecule has 0 amide bonds. The maximum atomic E-state index is 6.65. The van der Waals surface area contributed by atoms with Crippen LogP contribution in [-0.4, -0.2) is 62.0 Å². The molecule has 10 unspecified atom stereocenters. The summed E-state index contributed by atoms with van der Waals surface area (Å²) in [5.41, 5.74) is 0. The van der Waals surface area contributed by atoms with E-state index in [9.17, 15) is 0 Å². The molecule has 4 aliphatic heterocycles. The SMILES string of the molecule is C1CC(C(OC(C2CO2)C2CCC3OOC32)C2CO2)C2OOC12. The van der Waals surface area contributed by atoms with Crippen molar-refractivity contribution in [3.05, 3.63) is 0 Å². The molecule has 7 nitrogen and oxygen atoms in total. The van der Waals surface area contributed by atoms with E-state index in [1.54, 1.807) is 0 Å². The van der Waals surface area contributed by atoms with Crippen molar-refractivity contribution >= 4 is 0 Å². The van der Waals surface area contributed by atoms with E-state index in [1.165, 1.54) is 0 Å². The Morgan fingerprint density at radius 2 is 1.13 bits per heavy atom. The fraction of sp³-hybridized carbons (Fsp3) is 1.00. The van der Waals surface area contributed by atoms with Crippen LogP contribution in [-0.2, 0) is 33.8 Å². The van der Waals surface area contributed by atoms with E-state index in [1.807, 2.05) is 0 Å². The van der Waals surface area contributed by atoms with Crippen LogP contribution in [0.25, 0.3) is 0 Å². The molecule has 0 aromatic heterocycles. The second-order valence-electron chi connectivity index (χ2n) is 7.68. The lowest BCUT2D eigenvalue weighted by molar-refractivity contribution is -0.468. The van der Waals surface area contributed by atoms with Crippen molar-refractivity contribution in [2.45, 2.75) is 74.5 Å². The van der Waals surface area contributed by atoms with Crippen LogP contribution in [0, 0.1) is 11.8 Å². The third-order valence-electron chi connectivity index (χ3n) is 6.34. The first-order valence-electron chi connectivity index (χ1n) is 8.91. The van der Waals surface area contributed by atoms with Crippen LogP contribution in [0.4, 0.5) is 0 Å². The molecule has 23 heavy (non-hydrogen) atoms. The van der Waals surface area contributed by atoms with E-state index in [4.69, 9.17) is 33.8 Å². The number of hydrogen-bond donors (Lipinski definition) is 0. The fourth-order valence-corrected chi connectivity index (χ4v) is 4.86. The highest BCUT2D eigenvalue weighted by Gasteiger charge is 2.58. The highest BCUT2D eigenvalue weighted by atomic mass is 17.3. The number of hydrogen-bond acceptors (Lipinski definition) is 7. The molecule has 10 atom stereocenters. The number of fused-ring (bicyclic) bond motifs is 2. The zero-order chi connectivity index (χ0) is 15.0. The van der Waals surface area contributed by atoms with Gasteiger partial charge in [-0.3, -0.25) is 0 Å². The highest BCUT2D eigenvalue weighted by molar-refractivity contribution is 5.02. The Hall–Kier alpha value is -0.280. The van der Waals surface area contributed by atoms with E-state index in [-0.39, 0.29) is 48.8 Å². The third-order valence-corrected chi connectivity index (χ3v) is 6.34. The molecule has 2 aliphatic carbocycles. The molecular weight excluding hydrogens is 304 g/mol. The fourth-order valence-electron chi connectivity index (χ4n) is 4.86. The van der Waals surface area contributed by atoms with Gasteiger partial charge in [-0.05, 0) is 25.7 Å². The Morgan fingerprint density at radius 1 is 0.652 bits per heavy atom.